The SMILES string of the molecule is O=C(O)C1(C(=S)S)CCNCC1. The van der Waals surface area contributed by atoms with E-state index in [0.717, 1.165) is 0 Å². The van der Waals surface area contributed by atoms with Crippen LogP contribution in [0.1, 0.15) is 12.8 Å². The van der Waals surface area contributed by atoms with E-state index in [9.17, 15) is 4.79 Å². The minimum absolute atomic E-state index is 0.302. The van der Waals surface area contributed by atoms with Gasteiger partial charge in [-0.05, 0) is 25.9 Å². The van der Waals surface area contributed by atoms with Crippen molar-refractivity contribution >= 4 is 35.0 Å². The quantitative estimate of drug-likeness (QED) is 0.459. The van der Waals surface area contributed by atoms with Gasteiger partial charge in [0.05, 0.1) is 4.20 Å². The molecule has 0 aromatic heterocycles. The summed E-state index contributed by atoms with van der Waals surface area (Å²) in [5.74, 6) is -0.844. The topological polar surface area (TPSA) is 49.3 Å². The summed E-state index contributed by atoms with van der Waals surface area (Å²) in [6, 6.07) is 0. The zero-order valence-corrected chi connectivity index (χ0v) is 8.25. The van der Waals surface area contributed by atoms with Crippen molar-refractivity contribution < 1.29 is 9.90 Å². The van der Waals surface area contributed by atoms with Crippen LogP contribution in [0, 0.1) is 5.41 Å². The van der Waals surface area contributed by atoms with Crippen molar-refractivity contribution in [3.05, 3.63) is 0 Å². The van der Waals surface area contributed by atoms with Crippen molar-refractivity contribution in [1.29, 1.82) is 0 Å². The standard InChI is InChI=1S/C7H11NO2S2/c9-5(10)7(6(11)12)1-3-8-4-2-7/h8H,1-4H2,(H,9,10)(H,11,12). The lowest BCUT2D eigenvalue weighted by Crippen LogP contribution is -2.45. The summed E-state index contributed by atoms with van der Waals surface area (Å²) < 4.78 is 0.302. The van der Waals surface area contributed by atoms with Gasteiger partial charge < -0.3 is 10.4 Å². The van der Waals surface area contributed by atoms with E-state index in [4.69, 9.17) is 17.3 Å². The number of piperidine rings is 1. The molecule has 1 saturated heterocycles. The normalized spacial score (nSPS) is 21.8. The largest absolute Gasteiger partial charge is 0.481 e. The zero-order chi connectivity index (χ0) is 9.19. The summed E-state index contributed by atoms with van der Waals surface area (Å²) in [5, 5.41) is 12.1. The minimum Gasteiger partial charge on any atom is -0.481 e. The fraction of sp³-hybridized carbons (Fsp3) is 0.714. The number of carbonyl (C=O) groups is 1. The van der Waals surface area contributed by atoms with Crippen LogP contribution in [-0.4, -0.2) is 28.4 Å². The molecule has 0 aromatic carbocycles. The van der Waals surface area contributed by atoms with E-state index < -0.39 is 11.4 Å². The molecule has 0 atom stereocenters. The lowest BCUT2D eigenvalue weighted by atomic mass is 9.81. The molecule has 0 spiro atoms. The Morgan fingerprint density at radius 1 is 1.50 bits per heavy atom. The van der Waals surface area contributed by atoms with E-state index in [1.807, 2.05) is 0 Å². The van der Waals surface area contributed by atoms with Crippen molar-refractivity contribution in [3.8, 4) is 0 Å². The fourth-order valence-electron chi connectivity index (χ4n) is 1.37. The lowest BCUT2D eigenvalue weighted by Gasteiger charge is -2.32. The van der Waals surface area contributed by atoms with Crippen LogP contribution >= 0.6 is 24.8 Å². The molecular formula is C7H11NO2S2. The van der Waals surface area contributed by atoms with Gasteiger partial charge >= 0.3 is 5.97 Å². The summed E-state index contributed by atoms with van der Waals surface area (Å²) in [6.45, 7) is 1.40. The average molecular weight is 205 g/mol. The third-order valence-electron chi connectivity index (χ3n) is 2.28. The average Bonchev–Trinajstić information content (AvgIpc) is 2.05. The first-order valence-corrected chi connectivity index (χ1v) is 4.63. The summed E-state index contributed by atoms with van der Waals surface area (Å²) in [4.78, 5) is 11.0. The maximum Gasteiger partial charge on any atom is 0.315 e. The Labute approximate surface area is 81.9 Å². The minimum atomic E-state index is -0.871. The number of carboxylic acids is 1. The molecular weight excluding hydrogens is 194 g/mol. The Morgan fingerprint density at radius 3 is 2.25 bits per heavy atom. The van der Waals surface area contributed by atoms with Crippen molar-refractivity contribution in [1.82, 2.24) is 5.32 Å². The second kappa shape index (κ2) is 3.72. The molecule has 12 heavy (non-hydrogen) atoms. The summed E-state index contributed by atoms with van der Waals surface area (Å²) in [6.07, 6.45) is 1.09. The molecule has 0 aromatic rings. The predicted octanol–water partition coefficient (Wildman–Crippen LogP) is 0.698. The second-order valence-corrected chi connectivity index (χ2v) is 4.10. The number of aliphatic carboxylic acids is 1. The molecule has 0 saturated carbocycles. The van der Waals surface area contributed by atoms with Gasteiger partial charge in [-0.3, -0.25) is 4.79 Å². The molecule has 68 valence electrons. The number of nitrogens with one attached hydrogen (secondary N) is 1. The number of carboxylic acid groups (broad SMARTS) is 1. The smallest absolute Gasteiger partial charge is 0.315 e. The van der Waals surface area contributed by atoms with E-state index in [1.165, 1.54) is 0 Å². The first-order chi connectivity index (χ1) is 5.59. The van der Waals surface area contributed by atoms with Crippen LogP contribution < -0.4 is 5.32 Å². The molecule has 0 amide bonds. The third-order valence-corrected chi connectivity index (χ3v) is 3.09. The van der Waals surface area contributed by atoms with Crippen LogP contribution in [0.4, 0.5) is 0 Å². The number of thiol groups is 1. The Kier molecular flexibility index (Phi) is 3.09. The highest BCUT2D eigenvalue weighted by Crippen LogP contribution is 2.32. The molecule has 5 heteroatoms. The summed E-state index contributed by atoms with van der Waals surface area (Å²) >= 11 is 8.85. The van der Waals surface area contributed by atoms with Gasteiger partial charge in [0.2, 0.25) is 0 Å². The van der Waals surface area contributed by atoms with Gasteiger partial charge in [0, 0.05) is 0 Å². The molecule has 0 unspecified atom stereocenters. The maximum atomic E-state index is 11.0. The number of hydrogen-bond acceptors (Lipinski definition) is 3. The van der Waals surface area contributed by atoms with Crippen LogP contribution in [-0.2, 0) is 4.79 Å². The Hall–Kier alpha value is -0.130. The van der Waals surface area contributed by atoms with E-state index in [2.05, 4.69) is 17.9 Å². The van der Waals surface area contributed by atoms with Crippen molar-refractivity contribution in [2.24, 2.45) is 5.41 Å². The molecule has 0 bridgehead atoms. The van der Waals surface area contributed by atoms with E-state index in [1.54, 1.807) is 0 Å². The van der Waals surface area contributed by atoms with E-state index in [0.29, 0.717) is 30.1 Å². The fourth-order valence-corrected chi connectivity index (χ4v) is 1.98. The van der Waals surface area contributed by atoms with Crippen LogP contribution in [0.25, 0.3) is 0 Å². The molecule has 1 aliphatic heterocycles. The molecule has 3 nitrogen and oxygen atoms in total. The van der Waals surface area contributed by atoms with E-state index in [-0.39, 0.29) is 0 Å². The summed E-state index contributed by atoms with van der Waals surface area (Å²) in [7, 11) is 0. The molecule has 2 N–H and O–H groups in total. The number of hydrogen-bond donors (Lipinski definition) is 3. The van der Waals surface area contributed by atoms with Crippen LogP contribution in [0.2, 0.25) is 0 Å². The van der Waals surface area contributed by atoms with Gasteiger partial charge in [-0.25, -0.2) is 0 Å². The Bertz CT molecular complexity index is 195. The van der Waals surface area contributed by atoms with Crippen LogP contribution in [0.5, 0.6) is 0 Å². The van der Waals surface area contributed by atoms with Gasteiger partial charge in [0.1, 0.15) is 5.41 Å². The molecule has 1 heterocycles. The highest BCUT2D eigenvalue weighted by molar-refractivity contribution is 8.11. The highest BCUT2D eigenvalue weighted by Gasteiger charge is 2.42. The Balaban J connectivity index is 2.84. The zero-order valence-electron chi connectivity index (χ0n) is 6.54. The molecule has 1 rings (SSSR count). The van der Waals surface area contributed by atoms with Gasteiger partial charge in [-0.1, -0.05) is 12.2 Å². The van der Waals surface area contributed by atoms with Gasteiger partial charge in [0.25, 0.3) is 0 Å². The van der Waals surface area contributed by atoms with Crippen LogP contribution in [0.3, 0.4) is 0 Å². The maximum absolute atomic E-state index is 11.0. The van der Waals surface area contributed by atoms with Crippen LogP contribution in [0.15, 0.2) is 0 Å². The lowest BCUT2D eigenvalue weighted by molar-refractivity contribution is -0.145. The predicted molar refractivity (Wildman–Crippen MR) is 53.8 cm³/mol. The van der Waals surface area contributed by atoms with Crippen molar-refractivity contribution in [2.45, 2.75) is 12.8 Å². The van der Waals surface area contributed by atoms with Gasteiger partial charge in [-0.2, -0.15) is 0 Å². The van der Waals surface area contributed by atoms with Crippen molar-refractivity contribution in [2.75, 3.05) is 13.1 Å². The monoisotopic (exact) mass is 205 g/mol. The van der Waals surface area contributed by atoms with Gasteiger partial charge in [0.15, 0.2) is 0 Å². The molecule has 0 aliphatic carbocycles. The van der Waals surface area contributed by atoms with E-state index >= 15 is 0 Å². The third kappa shape index (κ3) is 1.62. The van der Waals surface area contributed by atoms with Crippen molar-refractivity contribution in [3.63, 3.8) is 0 Å². The molecule has 0 radical (unpaired) electrons. The Morgan fingerprint density at radius 2 is 2.00 bits per heavy atom. The molecule has 1 aliphatic rings. The first-order valence-electron chi connectivity index (χ1n) is 3.77. The first kappa shape index (κ1) is 9.95. The van der Waals surface area contributed by atoms with Gasteiger partial charge in [-0.15, -0.1) is 12.6 Å². The summed E-state index contributed by atoms with van der Waals surface area (Å²) in [5.41, 5.74) is -0.871. The number of thiocarbonyl (C=S) groups is 1. The second-order valence-electron chi connectivity index (χ2n) is 2.94. The molecule has 1 fully saturated rings. The number of rotatable bonds is 2. The highest BCUT2D eigenvalue weighted by atomic mass is 32.1.